The van der Waals surface area contributed by atoms with Gasteiger partial charge in [-0.15, -0.1) is 17.9 Å². The third-order valence-electron chi connectivity index (χ3n) is 4.67. The van der Waals surface area contributed by atoms with Crippen molar-refractivity contribution in [3.05, 3.63) is 82.5 Å². The van der Waals surface area contributed by atoms with Crippen LogP contribution in [0.1, 0.15) is 10.4 Å². The van der Waals surface area contributed by atoms with Crippen molar-refractivity contribution in [3.63, 3.8) is 0 Å². The molecule has 2 aromatic heterocycles. The molecule has 0 fully saturated rings. The highest BCUT2D eigenvalue weighted by atomic mass is 32.2. The maximum Gasteiger partial charge on any atom is 0.263 e. The summed E-state index contributed by atoms with van der Waals surface area (Å²) in [6, 6.07) is 13.5. The molecular weight excluding hydrogens is 432 g/mol. The van der Waals surface area contributed by atoms with E-state index < -0.39 is 0 Å². The maximum atomic E-state index is 13.3. The number of Topliss-reactive ketones (excluding diaryl/α,β-unsaturated/α-hetero) is 1. The van der Waals surface area contributed by atoms with Crippen molar-refractivity contribution in [2.45, 2.75) is 11.7 Å². The Hall–Kier alpha value is -3.36. The molecule has 0 bridgehead atoms. The van der Waals surface area contributed by atoms with Crippen LogP contribution in [-0.2, 0) is 6.54 Å². The minimum Gasteiger partial charge on any atom is -0.508 e. The summed E-state index contributed by atoms with van der Waals surface area (Å²) < 4.78 is 1.50. The lowest BCUT2D eigenvalue weighted by atomic mass is 10.1. The lowest BCUT2D eigenvalue weighted by Gasteiger charge is -2.11. The number of aromatic hydroxyl groups is 2. The second-order valence-corrected chi connectivity index (χ2v) is 8.51. The van der Waals surface area contributed by atoms with E-state index in [0.29, 0.717) is 15.4 Å². The molecule has 0 atom stereocenters. The van der Waals surface area contributed by atoms with Crippen LogP contribution in [0, 0.1) is 0 Å². The fourth-order valence-electron chi connectivity index (χ4n) is 3.20. The molecule has 4 rings (SSSR count). The van der Waals surface area contributed by atoms with Gasteiger partial charge in [-0.1, -0.05) is 48.2 Å². The van der Waals surface area contributed by atoms with Crippen LogP contribution in [0.15, 0.2) is 76.5 Å². The van der Waals surface area contributed by atoms with Crippen molar-refractivity contribution in [2.75, 3.05) is 5.75 Å². The number of benzene rings is 2. The van der Waals surface area contributed by atoms with Gasteiger partial charge in [-0.05, 0) is 17.7 Å². The van der Waals surface area contributed by atoms with Crippen molar-refractivity contribution < 1.29 is 15.0 Å². The van der Waals surface area contributed by atoms with Crippen molar-refractivity contribution in [1.29, 1.82) is 0 Å². The van der Waals surface area contributed by atoms with Crippen LogP contribution in [0.3, 0.4) is 0 Å². The number of hydrogen-bond acceptors (Lipinski definition) is 7. The molecule has 0 aliphatic heterocycles. The first-order chi connectivity index (χ1) is 15.0. The van der Waals surface area contributed by atoms with Gasteiger partial charge >= 0.3 is 0 Å². The van der Waals surface area contributed by atoms with Gasteiger partial charge in [0.25, 0.3) is 5.56 Å². The lowest BCUT2D eigenvalue weighted by molar-refractivity contribution is 0.102. The minimum absolute atomic E-state index is 0.0235. The van der Waals surface area contributed by atoms with Crippen LogP contribution >= 0.6 is 23.1 Å². The maximum absolute atomic E-state index is 13.3. The Balaban J connectivity index is 1.71. The number of carbonyl (C=O) groups is 1. The molecule has 2 heterocycles. The smallest absolute Gasteiger partial charge is 0.263 e. The number of aromatic nitrogens is 2. The predicted octanol–water partition coefficient (Wildman–Crippen LogP) is 4.70. The van der Waals surface area contributed by atoms with Gasteiger partial charge in [0.05, 0.1) is 16.7 Å². The summed E-state index contributed by atoms with van der Waals surface area (Å²) in [6.07, 6.45) is 1.61. The molecule has 0 radical (unpaired) electrons. The van der Waals surface area contributed by atoms with E-state index >= 15 is 0 Å². The number of carbonyl (C=O) groups excluding carboxylic acids is 1. The van der Waals surface area contributed by atoms with Gasteiger partial charge in [-0.25, -0.2) is 4.98 Å². The van der Waals surface area contributed by atoms with Crippen molar-refractivity contribution in [2.24, 2.45) is 0 Å². The van der Waals surface area contributed by atoms with E-state index in [9.17, 15) is 19.8 Å². The fourth-order valence-corrected chi connectivity index (χ4v) is 5.08. The Morgan fingerprint density at radius 1 is 1.19 bits per heavy atom. The molecule has 0 amide bonds. The van der Waals surface area contributed by atoms with Crippen LogP contribution in [0.2, 0.25) is 0 Å². The summed E-state index contributed by atoms with van der Waals surface area (Å²) in [7, 11) is 0. The number of thioether (sulfide) groups is 1. The highest BCUT2D eigenvalue weighted by Gasteiger charge is 2.19. The minimum atomic E-state index is -0.335. The molecule has 0 saturated heterocycles. The zero-order valence-corrected chi connectivity index (χ0v) is 17.9. The molecule has 4 aromatic rings. The molecule has 31 heavy (non-hydrogen) atoms. The summed E-state index contributed by atoms with van der Waals surface area (Å²) in [4.78, 5) is 31.1. The van der Waals surface area contributed by atoms with Crippen molar-refractivity contribution in [3.8, 4) is 22.6 Å². The lowest BCUT2D eigenvalue weighted by Crippen LogP contribution is -2.23. The number of hydrogen-bond donors (Lipinski definition) is 2. The molecule has 2 N–H and O–H groups in total. The molecular formula is C23H18N2O4S2. The average Bonchev–Trinajstić information content (AvgIpc) is 3.19. The number of allylic oxidation sites excluding steroid dienone is 1. The Morgan fingerprint density at radius 3 is 2.68 bits per heavy atom. The Morgan fingerprint density at radius 2 is 1.97 bits per heavy atom. The summed E-state index contributed by atoms with van der Waals surface area (Å²) in [5, 5.41) is 22.2. The predicted molar refractivity (Wildman–Crippen MR) is 124 cm³/mol. The third-order valence-corrected chi connectivity index (χ3v) is 6.52. The van der Waals surface area contributed by atoms with Crippen molar-refractivity contribution >= 4 is 39.1 Å². The first-order valence-electron chi connectivity index (χ1n) is 9.36. The topological polar surface area (TPSA) is 92.4 Å². The van der Waals surface area contributed by atoms with E-state index in [2.05, 4.69) is 11.6 Å². The van der Waals surface area contributed by atoms with Crippen LogP contribution in [-0.4, -0.2) is 31.3 Å². The summed E-state index contributed by atoms with van der Waals surface area (Å²) in [5.41, 5.74) is 1.69. The number of rotatable bonds is 7. The summed E-state index contributed by atoms with van der Waals surface area (Å²) in [6.45, 7) is 3.99. The fraction of sp³-hybridized carbons (Fsp3) is 0.0870. The van der Waals surface area contributed by atoms with Crippen LogP contribution in [0.4, 0.5) is 0 Å². The second kappa shape index (κ2) is 8.79. The molecule has 0 unspecified atom stereocenters. The Bertz CT molecular complexity index is 1340. The van der Waals surface area contributed by atoms with Gasteiger partial charge in [-0.3, -0.25) is 14.2 Å². The van der Waals surface area contributed by atoms with E-state index in [1.807, 2.05) is 35.7 Å². The molecule has 0 saturated carbocycles. The van der Waals surface area contributed by atoms with Gasteiger partial charge in [0, 0.05) is 23.6 Å². The van der Waals surface area contributed by atoms with Gasteiger partial charge in [0.1, 0.15) is 16.3 Å². The number of nitrogens with zero attached hydrogens (tertiary/aromatic N) is 2. The van der Waals surface area contributed by atoms with Crippen LogP contribution < -0.4 is 5.56 Å². The highest BCUT2D eigenvalue weighted by Crippen LogP contribution is 2.32. The number of phenolic OH excluding ortho intramolecular Hbond substituents is 2. The van der Waals surface area contributed by atoms with Gasteiger partial charge in [0.2, 0.25) is 0 Å². The Kier molecular flexibility index (Phi) is 5.92. The molecule has 0 aliphatic carbocycles. The zero-order chi connectivity index (χ0) is 22.0. The van der Waals surface area contributed by atoms with Crippen LogP contribution in [0.5, 0.6) is 11.5 Å². The second-order valence-electron chi connectivity index (χ2n) is 6.71. The summed E-state index contributed by atoms with van der Waals surface area (Å²) >= 11 is 2.51. The highest BCUT2D eigenvalue weighted by molar-refractivity contribution is 7.99. The largest absolute Gasteiger partial charge is 0.508 e. The molecule has 2 aromatic carbocycles. The number of ketones is 1. The third kappa shape index (κ3) is 4.12. The molecule has 8 heteroatoms. The van der Waals surface area contributed by atoms with Gasteiger partial charge < -0.3 is 10.2 Å². The SMILES string of the molecule is C=CCn1c(SCC(=O)c2ccc(O)cc2O)nc2scc(-c3ccccc3)c2c1=O. The van der Waals surface area contributed by atoms with Gasteiger partial charge in [0.15, 0.2) is 10.9 Å². The normalized spacial score (nSPS) is 11.0. The average molecular weight is 451 g/mol. The van der Waals surface area contributed by atoms with Gasteiger partial charge in [-0.2, -0.15) is 0 Å². The quantitative estimate of drug-likeness (QED) is 0.184. The van der Waals surface area contributed by atoms with Crippen molar-refractivity contribution in [1.82, 2.24) is 9.55 Å². The summed E-state index contributed by atoms with van der Waals surface area (Å²) in [5.74, 6) is -0.772. The van der Waals surface area contributed by atoms with Crippen LogP contribution in [0.25, 0.3) is 21.3 Å². The Labute approximate surface area is 186 Å². The monoisotopic (exact) mass is 450 g/mol. The number of phenols is 2. The van der Waals surface area contributed by atoms with E-state index in [1.54, 1.807) is 6.08 Å². The molecule has 0 aliphatic rings. The standard InChI is InChI=1S/C23H18N2O4S2/c1-2-10-25-22(29)20-17(14-6-4-3-5-7-14)12-30-21(20)24-23(25)31-13-19(28)16-9-8-15(26)11-18(16)27/h2-9,11-12,26-27H,1,10,13H2. The zero-order valence-electron chi connectivity index (χ0n) is 16.3. The van der Waals surface area contributed by atoms with E-state index in [0.717, 1.165) is 29.0 Å². The van der Waals surface area contributed by atoms with E-state index in [-0.39, 0.29) is 40.7 Å². The van der Waals surface area contributed by atoms with E-state index in [4.69, 9.17) is 0 Å². The number of thiophene rings is 1. The molecule has 0 spiro atoms. The first-order valence-corrected chi connectivity index (χ1v) is 11.2. The first kappa shape index (κ1) is 20.9. The number of fused-ring (bicyclic) bond motifs is 1. The molecule has 156 valence electrons. The van der Waals surface area contributed by atoms with E-state index in [1.165, 1.54) is 28.0 Å². The molecule has 6 nitrogen and oxygen atoms in total.